The van der Waals surface area contributed by atoms with Crippen LogP contribution >= 0.6 is 0 Å². The molecule has 1 saturated heterocycles. The number of fused-ring (bicyclic) bond motifs is 1. The molecule has 1 amide bonds. The zero-order valence-corrected chi connectivity index (χ0v) is 23.4. The van der Waals surface area contributed by atoms with Gasteiger partial charge < -0.3 is 15.4 Å². The van der Waals surface area contributed by atoms with Crippen molar-refractivity contribution in [2.24, 2.45) is 17.6 Å². The molecule has 0 saturated carbocycles. The van der Waals surface area contributed by atoms with Gasteiger partial charge in [0, 0.05) is 50.5 Å². The first-order chi connectivity index (χ1) is 17.2. The SMILES string of the molecule is CC.CCC.CC[C@H](CCCN)C(=O)N1CCc2ncc(C(F)(F)F)cc2C1.CC[C@H]1CCCOC1. The van der Waals surface area contributed by atoms with E-state index in [0.29, 0.717) is 37.2 Å². The molecular weight excluding hydrogens is 467 g/mol. The Hall–Kier alpha value is -1.67. The maximum absolute atomic E-state index is 12.8. The molecule has 1 fully saturated rings. The smallest absolute Gasteiger partial charge is 0.381 e. The van der Waals surface area contributed by atoms with Gasteiger partial charge in [-0.1, -0.05) is 54.4 Å². The van der Waals surface area contributed by atoms with Gasteiger partial charge in [-0.25, -0.2) is 0 Å². The highest BCUT2D eigenvalue weighted by Crippen LogP contribution is 2.31. The number of rotatable bonds is 6. The number of nitrogens with zero attached hydrogens (tertiary/aromatic N) is 2. The average Bonchev–Trinajstić information content (AvgIpc) is 2.90. The molecule has 2 N–H and O–H groups in total. The van der Waals surface area contributed by atoms with E-state index >= 15 is 0 Å². The van der Waals surface area contributed by atoms with E-state index in [-0.39, 0.29) is 18.4 Å². The van der Waals surface area contributed by atoms with Gasteiger partial charge in [0.2, 0.25) is 5.91 Å². The number of alkyl halides is 3. The molecule has 1 aromatic heterocycles. The quantitative estimate of drug-likeness (QED) is 0.440. The Morgan fingerprint density at radius 3 is 2.39 bits per heavy atom. The van der Waals surface area contributed by atoms with Crippen LogP contribution in [0.4, 0.5) is 13.2 Å². The maximum Gasteiger partial charge on any atom is 0.417 e. The molecule has 2 aliphatic heterocycles. The van der Waals surface area contributed by atoms with Gasteiger partial charge in [-0.05, 0) is 56.2 Å². The highest BCUT2D eigenvalue weighted by molar-refractivity contribution is 5.79. The fraction of sp³-hybridized carbons (Fsp3) is 0.786. The molecule has 36 heavy (non-hydrogen) atoms. The number of amides is 1. The van der Waals surface area contributed by atoms with Crippen molar-refractivity contribution in [3.8, 4) is 0 Å². The van der Waals surface area contributed by atoms with Crippen LogP contribution in [0.1, 0.15) is 103 Å². The largest absolute Gasteiger partial charge is 0.417 e. The zero-order valence-electron chi connectivity index (χ0n) is 23.4. The van der Waals surface area contributed by atoms with Crippen LogP contribution in [0.2, 0.25) is 0 Å². The Labute approximate surface area is 217 Å². The van der Waals surface area contributed by atoms with Gasteiger partial charge in [-0.2, -0.15) is 13.2 Å². The lowest BCUT2D eigenvalue weighted by Gasteiger charge is -2.31. The molecule has 0 radical (unpaired) electrons. The number of aromatic nitrogens is 1. The standard InChI is InChI=1S/C16H22F3N3O.C7H14O.C3H8.C2H6/c1-2-11(4-3-6-20)15(23)22-7-5-14-12(10-22)8-13(9-21-14)16(17,18)19;1-2-7-4-3-5-8-6-7;1-3-2;1-2/h8-9,11H,2-7,10,20H2,1H3;7H,2-6H2,1H3;3H2,1-2H3;1-2H3/t11-;7-;;/m10../s1. The van der Waals surface area contributed by atoms with Crippen LogP contribution in [-0.4, -0.2) is 42.1 Å². The fourth-order valence-electron chi connectivity index (χ4n) is 4.02. The number of carbonyl (C=O) groups excluding carboxylic acids is 1. The first-order valence-electron chi connectivity index (χ1n) is 13.8. The first kappa shape index (κ1) is 34.3. The molecule has 0 unspecified atom stereocenters. The molecule has 0 bridgehead atoms. The van der Waals surface area contributed by atoms with E-state index in [2.05, 4.69) is 25.8 Å². The van der Waals surface area contributed by atoms with Gasteiger partial charge in [-0.3, -0.25) is 9.78 Å². The summed E-state index contributed by atoms with van der Waals surface area (Å²) in [6, 6.07) is 1.11. The number of pyridine rings is 1. The van der Waals surface area contributed by atoms with Gasteiger partial charge in [0.25, 0.3) is 0 Å². The lowest BCUT2D eigenvalue weighted by Crippen LogP contribution is -2.40. The van der Waals surface area contributed by atoms with E-state index in [9.17, 15) is 18.0 Å². The molecule has 0 spiro atoms. The number of carbonyl (C=O) groups is 1. The van der Waals surface area contributed by atoms with E-state index in [0.717, 1.165) is 44.2 Å². The average molecular weight is 518 g/mol. The molecule has 2 atom stereocenters. The first-order valence-corrected chi connectivity index (χ1v) is 13.8. The molecule has 8 heteroatoms. The minimum Gasteiger partial charge on any atom is -0.381 e. The van der Waals surface area contributed by atoms with Crippen LogP contribution in [0.5, 0.6) is 0 Å². The highest BCUT2D eigenvalue weighted by Gasteiger charge is 2.33. The van der Waals surface area contributed by atoms with E-state index < -0.39 is 11.7 Å². The van der Waals surface area contributed by atoms with E-state index in [1.165, 1.54) is 25.7 Å². The molecule has 0 aromatic carbocycles. The summed E-state index contributed by atoms with van der Waals surface area (Å²) in [5, 5.41) is 0. The molecular formula is C28H50F3N3O2. The minimum absolute atomic E-state index is 0.00371. The van der Waals surface area contributed by atoms with Gasteiger partial charge >= 0.3 is 6.18 Å². The Morgan fingerprint density at radius 2 is 1.92 bits per heavy atom. The van der Waals surface area contributed by atoms with Crippen molar-refractivity contribution in [1.82, 2.24) is 9.88 Å². The summed E-state index contributed by atoms with van der Waals surface area (Å²) >= 11 is 0. The van der Waals surface area contributed by atoms with Crippen molar-refractivity contribution >= 4 is 5.91 Å². The fourth-order valence-corrected chi connectivity index (χ4v) is 4.02. The molecule has 3 heterocycles. The number of hydrogen-bond acceptors (Lipinski definition) is 4. The molecule has 210 valence electrons. The van der Waals surface area contributed by atoms with E-state index in [4.69, 9.17) is 10.5 Å². The second-order valence-electron chi connectivity index (χ2n) is 9.07. The van der Waals surface area contributed by atoms with Crippen LogP contribution in [0.25, 0.3) is 0 Å². The van der Waals surface area contributed by atoms with Gasteiger partial charge in [0.15, 0.2) is 0 Å². The second-order valence-corrected chi connectivity index (χ2v) is 9.07. The number of halogens is 3. The van der Waals surface area contributed by atoms with Gasteiger partial charge in [0.1, 0.15) is 0 Å². The Morgan fingerprint density at radius 1 is 1.25 bits per heavy atom. The number of ether oxygens (including phenoxy) is 1. The summed E-state index contributed by atoms with van der Waals surface area (Å²) < 4.78 is 43.7. The molecule has 5 nitrogen and oxygen atoms in total. The third-order valence-electron chi connectivity index (χ3n) is 6.11. The third kappa shape index (κ3) is 12.5. The van der Waals surface area contributed by atoms with Crippen molar-refractivity contribution < 1.29 is 22.7 Å². The Bertz CT molecular complexity index is 708. The maximum atomic E-state index is 12.8. The predicted molar refractivity (Wildman–Crippen MR) is 142 cm³/mol. The molecule has 2 aliphatic rings. The molecule has 1 aromatic rings. The Kier molecular flexibility index (Phi) is 18.5. The van der Waals surface area contributed by atoms with Crippen molar-refractivity contribution in [3.63, 3.8) is 0 Å². The van der Waals surface area contributed by atoms with Crippen LogP contribution in [-0.2, 0) is 28.7 Å². The van der Waals surface area contributed by atoms with E-state index in [1.807, 2.05) is 20.8 Å². The van der Waals surface area contributed by atoms with Crippen LogP contribution in [0.15, 0.2) is 12.3 Å². The second kappa shape index (κ2) is 19.4. The lowest BCUT2D eigenvalue weighted by molar-refractivity contribution is -0.138. The van der Waals surface area contributed by atoms with Crippen molar-refractivity contribution in [2.45, 2.75) is 106 Å². The van der Waals surface area contributed by atoms with Gasteiger partial charge in [-0.15, -0.1) is 0 Å². The summed E-state index contributed by atoms with van der Waals surface area (Å²) in [6.07, 6.45) is 4.35. The normalized spacial score (nSPS) is 17.7. The van der Waals surface area contributed by atoms with Crippen molar-refractivity contribution in [2.75, 3.05) is 26.3 Å². The van der Waals surface area contributed by atoms with E-state index in [1.54, 1.807) is 4.90 Å². The van der Waals surface area contributed by atoms with Crippen molar-refractivity contribution in [1.29, 1.82) is 0 Å². The summed E-state index contributed by atoms with van der Waals surface area (Å²) in [5.41, 5.74) is 5.87. The Balaban J connectivity index is 0.000000778. The summed E-state index contributed by atoms with van der Waals surface area (Å²) in [4.78, 5) is 18.1. The third-order valence-corrected chi connectivity index (χ3v) is 6.11. The summed E-state index contributed by atoms with van der Waals surface area (Å²) in [6.45, 7) is 15.7. The van der Waals surface area contributed by atoms with Crippen molar-refractivity contribution in [3.05, 3.63) is 29.1 Å². The molecule has 3 rings (SSSR count). The topological polar surface area (TPSA) is 68.5 Å². The van der Waals surface area contributed by atoms with Crippen LogP contribution < -0.4 is 5.73 Å². The lowest BCUT2D eigenvalue weighted by atomic mass is 9.96. The number of hydrogen-bond donors (Lipinski definition) is 1. The summed E-state index contributed by atoms with van der Waals surface area (Å²) in [5.74, 6) is 0.756. The minimum atomic E-state index is -4.42. The monoisotopic (exact) mass is 517 g/mol. The zero-order chi connectivity index (χ0) is 27.6. The van der Waals surface area contributed by atoms with Crippen LogP contribution in [0, 0.1) is 11.8 Å². The predicted octanol–water partition coefficient (Wildman–Crippen LogP) is 7.02. The number of nitrogens with two attached hydrogens (primary N) is 1. The highest BCUT2D eigenvalue weighted by atomic mass is 19.4. The van der Waals surface area contributed by atoms with Gasteiger partial charge in [0.05, 0.1) is 5.56 Å². The molecule has 0 aliphatic carbocycles. The summed E-state index contributed by atoms with van der Waals surface area (Å²) in [7, 11) is 0. The van der Waals surface area contributed by atoms with Crippen LogP contribution in [0.3, 0.4) is 0 Å².